The Morgan fingerprint density at radius 1 is 1.19 bits per heavy atom. The average Bonchev–Trinajstić information content (AvgIpc) is 2.89. The van der Waals surface area contributed by atoms with Crippen molar-refractivity contribution in [1.82, 2.24) is 4.90 Å². The molecule has 2 unspecified atom stereocenters. The Labute approximate surface area is 134 Å². The Balaban J connectivity index is 2.23. The Morgan fingerprint density at radius 3 is 2.38 bits per heavy atom. The summed E-state index contributed by atoms with van der Waals surface area (Å²) in [6, 6.07) is 0.452. The van der Waals surface area contributed by atoms with Crippen molar-refractivity contribution < 1.29 is 4.79 Å². The number of nitrogens with two attached hydrogens (primary N) is 1. The highest BCUT2D eigenvalue weighted by Gasteiger charge is 2.47. The zero-order valence-corrected chi connectivity index (χ0v) is 14.4. The number of fused-ring (bicyclic) bond motifs is 1. The molecule has 1 amide bonds. The molecule has 1 aliphatic heterocycles. The maximum absolute atomic E-state index is 13.3. The molecule has 1 heterocycles. The van der Waals surface area contributed by atoms with E-state index in [-0.39, 0.29) is 5.91 Å². The summed E-state index contributed by atoms with van der Waals surface area (Å²) in [5.41, 5.74) is 5.47. The molecule has 1 saturated carbocycles. The number of likely N-dealkylation sites (tertiary alicyclic amines) is 1. The summed E-state index contributed by atoms with van der Waals surface area (Å²) in [6.07, 6.45) is 9.70. The lowest BCUT2D eigenvalue weighted by atomic mass is 9.77. The molecule has 0 spiro atoms. The largest absolute Gasteiger partial charge is 0.392 e. The number of thiocarbonyl (C=S) groups is 1. The molecule has 2 N–H and O–H groups in total. The van der Waals surface area contributed by atoms with Crippen molar-refractivity contribution in [3.05, 3.63) is 0 Å². The van der Waals surface area contributed by atoms with E-state index >= 15 is 0 Å². The monoisotopic (exact) mass is 310 g/mol. The number of nitrogens with zero attached hydrogens (tertiary/aromatic N) is 1. The van der Waals surface area contributed by atoms with Crippen molar-refractivity contribution in [2.45, 2.75) is 77.7 Å². The van der Waals surface area contributed by atoms with Gasteiger partial charge in [-0.05, 0) is 38.0 Å². The van der Waals surface area contributed by atoms with E-state index in [2.05, 4.69) is 18.7 Å². The number of amides is 1. The van der Waals surface area contributed by atoms with Crippen LogP contribution in [0.15, 0.2) is 0 Å². The summed E-state index contributed by atoms with van der Waals surface area (Å²) < 4.78 is 0. The first-order chi connectivity index (χ1) is 10.1. The third-order valence-corrected chi connectivity index (χ3v) is 5.90. The van der Waals surface area contributed by atoms with E-state index in [0.717, 1.165) is 38.1 Å². The zero-order valence-electron chi connectivity index (χ0n) is 13.6. The van der Waals surface area contributed by atoms with Crippen LogP contribution in [0.2, 0.25) is 0 Å². The second-order valence-electron chi connectivity index (χ2n) is 6.85. The van der Waals surface area contributed by atoms with E-state index in [1.807, 2.05) is 0 Å². The summed E-state index contributed by atoms with van der Waals surface area (Å²) in [7, 11) is 0. The van der Waals surface area contributed by atoms with E-state index in [1.165, 1.54) is 32.1 Å². The number of carbonyl (C=O) groups excluding carboxylic acids is 1. The number of carbonyl (C=O) groups is 1. The molecule has 3 nitrogen and oxygen atoms in total. The first-order valence-electron chi connectivity index (χ1n) is 8.67. The number of hydrogen-bond acceptors (Lipinski definition) is 2. The fraction of sp³-hybridized carbons (Fsp3) is 0.882. The van der Waals surface area contributed by atoms with Gasteiger partial charge in [0.25, 0.3) is 0 Å². The van der Waals surface area contributed by atoms with Gasteiger partial charge < -0.3 is 10.6 Å². The van der Waals surface area contributed by atoms with Crippen molar-refractivity contribution in [3.63, 3.8) is 0 Å². The Kier molecular flexibility index (Phi) is 5.64. The first-order valence-corrected chi connectivity index (χ1v) is 9.08. The van der Waals surface area contributed by atoms with E-state index in [0.29, 0.717) is 11.0 Å². The molecular weight excluding hydrogens is 280 g/mol. The first kappa shape index (κ1) is 16.7. The molecule has 21 heavy (non-hydrogen) atoms. The van der Waals surface area contributed by atoms with Crippen LogP contribution in [-0.4, -0.2) is 28.4 Å². The van der Waals surface area contributed by atoms with Crippen LogP contribution in [0.5, 0.6) is 0 Å². The molecule has 1 saturated heterocycles. The zero-order chi connectivity index (χ0) is 15.5. The molecule has 1 aliphatic carbocycles. The lowest BCUT2D eigenvalue weighted by Gasteiger charge is -2.39. The van der Waals surface area contributed by atoms with Gasteiger partial charge in [0.2, 0.25) is 5.91 Å². The molecule has 4 heteroatoms. The van der Waals surface area contributed by atoms with Crippen LogP contribution >= 0.6 is 12.2 Å². The van der Waals surface area contributed by atoms with Gasteiger partial charge in [0, 0.05) is 12.6 Å². The van der Waals surface area contributed by atoms with Crippen LogP contribution in [0.1, 0.15) is 71.6 Å². The van der Waals surface area contributed by atoms with Crippen LogP contribution < -0.4 is 5.73 Å². The quantitative estimate of drug-likeness (QED) is 0.762. The molecule has 2 atom stereocenters. The second-order valence-corrected chi connectivity index (χ2v) is 7.29. The molecule has 120 valence electrons. The minimum atomic E-state index is -0.592. The van der Waals surface area contributed by atoms with Gasteiger partial charge in [0.15, 0.2) is 0 Å². The van der Waals surface area contributed by atoms with E-state index in [1.54, 1.807) is 0 Å². The van der Waals surface area contributed by atoms with Crippen LogP contribution in [0.4, 0.5) is 0 Å². The lowest BCUT2D eigenvalue weighted by Crippen LogP contribution is -2.53. The average molecular weight is 311 g/mol. The minimum absolute atomic E-state index is 0.230. The Bertz CT molecular complexity index is 390. The van der Waals surface area contributed by atoms with Gasteiger partial charge in [-0.2, -0.15) is 0 Å². The molecule has 0 aromatic heterocycles. The summed E-state index contributed by atoms with van der Waals surface area (Å²) in [5, 5.41) is 0. The smallest absolute Gasteiger partial charge is 0.235 e. The Hall–Kier alpha value is -0.640. The fourth-order valence-electron chi connectivity index (χ4n) is 4.48. The predicted octanol–water partition coefficient (Wildman–Crippen LogP) is 3.65. The fourth-order valence-corrected chi connectivity index (χ4v) is 4.77. The number of rotatable bonds is 6. The normalized spacial score (nSPS) is 25.7. The molecule has 0 bridgehead atoms. The van der Waals surface area contributed by atoms with Crippen LogP contribution in [-0.2, 0) is 4.79 Å². The highest BCUT2D eigenvalue weighted by Crippen LogP contribution is 2.41. The summed E-state index contributed by atoms with van der Waals surface area (Å²) in [4.78, 5) is 15.9. The molecular formula is C17H30N2OS. The van der Waals surface area contributed by atoms with Gasteiger partial charge in [-0.3, -0.25) is 4.79 Å². The highest BCUT2D eigenvalue weighted by atomic mass is 32.1. The van der Waals surface area contributed by atoms with Gasteiger partial charge in [-0.25, -0.2) is 0 Å². The predicted molar refractivity (Wildman–Crippen MR) is 91.1 cm³/mol. The maximum Gasteiger partial charge on any atom is 0.235 e. The van der Waals surface area contributed by atoms with Crippen molar-refractivity contribution in [3.8, 4) is 0 Å². The van der Waals surface area contributed by atoms with Crippen molar-refractivity contribution in [2.75, 3.05) is 6.54 Å². The topological polar surface area (TPSA) is 46.3 Å². The lowest BCUT2D eigenvalue weighted by molar-refractivity contribution is -0.140. The van der Waals surface area contributed by atoms with Crippen molar-refractivity contribution in [2.24, 2.45) is 17.1 Å². The molecule has 2 aliphatic rings. The molecule has 0 radical (unpaired) electrons. The van der Waals surface area contributed by atoms with Crippen molar-refractivity contribution in [1.29, 1.82) is 0 Å². The molecule has 2 rings (SSSR count). The van der Waals surface area contributed by atoms with E-state index < -0.39 is 5.41 Å². The van der Waals surface area contributed by atoms with Gasteiger partial charge in [-0.15, -0.1) is 0 Å². The van der Waals surface area contributed by atoms with E-state index in [4.69, 9.17) is 18.0 Å². The molecule has 0 aromatic carbocycles. The van der Waals surface area contributed by atoms with Gasteiger partial charge in [0.1, 0.15) is 0 Å². The SMILES string of the molecule is CCCC(CCC)(C(=O)N1CCC2CCCCC21)C(N)=S. The standard InChI is InChI=1S/C17H30N2OS/c1-3-10-17(11-4-2,15(18)21)16(20)19-12-9-13-7-5-6-8-14(13)19/h13-14H,3-12H2,1-2H3,(H2,18,21). The maximum atomic E-state index is 13.3. The summed E-state index contributed by atoms with van der Waals surface area (Å²) in [5.74, 6) is 0.947. The summed E-state index contributed by atoms with van der Waals surface area (Å²) in [6.45, 7) is 5.14. The van der Waals surface area contributed by atoms with Crippen LogP contribution in [0.3, 0.4) is 0 Å². The van der Waals surface area contributed by atoms with Crippen LogP contribution in [0, 0.1) is 11.3 Å². The van der Waals surface area contributed by atoms with E-state index in [9.17, 15) is 4.79 Å². The second kappa shape index (κ2) is 7.08. The summed E-state index contributed by atoms with van der Waals surface area (Å²) >= 11 is 5.35. The third-order valence-electron chi connectivity index (χ3n) is 5.51. The molecule has 2 fully saturated rings. The van der Waals surface area contributed by atoms with Gasteiger partial charge in [0.05, 0.1) is 10.4 Å². The Morgan fingerprint density at radius 2 is 1.81 bits per heavy atom. The van der Waals surface area contributed by atoms with Gasteiger partial charge in [-0.1, -0.05) is 51.7 Å². The van der Waals surface area contributed by atoms with Crippen molar-refractivity contribution >= 4 is 23.1 Å². The minimum Gasteiger partial charge on any atom is -0.392 e. The van der Waals surface area contributed by atoms with Crippen LogP contribution in [0.25, 0.3) is 0 Å². The third kappa shape index (κ3) is 3.10. The molecule has 0 aromatic rings. The number of hydrogen-bond donors (Lipinski definition) is 1. The highest BCUT2D eigenvalue weighted by molar-refractivity contribution is 7.80. The van der Waals surface area contributed by atoms with Gasteiger partial charge >= 0.3 is 0 Å².